The van der Waals surface area contributed by atoms with Gasteiger partial charge in [0.15, 0.2) is 0 Å². The molecule has 0 aliphatic heterocycles. The summed E-state index contributed by atoms with van der Waals surface area (Å²) in [6.07, 6.45) is -3.11. The molecule has 0 aliphatic carbocycles. The molecular weight excluding hydrogens is 223 g/mol. The lowest BCUT2D eigenvalue weighted by atomic mass is 10.2. The zero-order chi connectivity index (χ0) is 12.1. The topological polar surface area (TPSA) is 39.2 Å². The Morgan fingerprint density at radius 1 is 1.50 bits per heavy atom. The normalized spacial score (nSPS) is 10.6. The minimum atomic E-state index is -2.79. The van der Waals surface area contributed by atoms with E-state index in [1.165, 1.54) is 0 Å². The van der Waals surface area contributed by atoms with Crippen LogP contribution < -0.4 is 0 Å². The highest BCUT2D eigenvalue weighted by Crippen LogP contribution is 2.19. The molecule has 88 valence electrons. The van der Waals surface area contributed by atoms with Gasteiger partial charge in [0.2, 0.25) is 5.95 Å². The Balaban J connectivity index is 2.84. The highest BCUT2D eigenvalue weighted by atomic mass is 19.3. The van der Waals surface area contributed by atoms with Crippen molar-refractivity contribution in [3.63, 3.8) is 0 Å². The van der Waals surface area contributed by atoms with Crippen molar-refractivity contribution in [2.45, 2.75) is 19.8 Å². The molecule has 0 saturated heterocycles. The van der Waals surface area contributed by atoms with Gasteiger partial charge in [-0.2, -0.15) is 4.39 Å². The maximum absolute atomic E-state index is 12.8. The Morgan fingerprint density at radius 3 is 2.75 bits per heavy atom. The van der Waals surface area contributed by atoms with Crippen LogP contribution in [0.5, 0.6) is 0 Å². The first kappa shape index (κ1) is 12.5. The number of carbonyl (C=O) groups is 1. The zero-order valence-corrected chi connectivity index (χ0v) is 8.54. The van der Waals surface area contributed by atoms with Gasteiger partial charge in [0.05, 0.1) is 18.7 Å². The second-order valence-corrected chi connectivity index (χ2v) is 3.00. The van der Waals surface area contributed by atoms with Gasteiger partial charge in [0.1, 0.15) is 0 Å². The van der Waals surface area contributed by atoms with Crippen molar-refractivity contribution < 1.29 is 22.7 Å². The van der Waals surface area contributed by atoms with E-state index in [1.807, 2.05) is 0 Å². The lowest BCUT2D eigenvalue weighted by Gasteiger charge is -2.04. The van der Waals surface area contributed by atoms with Crippen LogP contribution in [-0.2, 0) is 16.0 Å². The first-order chi connectivity index (χ1) is 7.52. The Hall–Kier alpha value is -1.59. The molecule has 1 heterocycles. The van der Waals surface area contributed by atoms with Crippen molar-refractivity contribution in [2.24, 2.45) is 0 Å². The molecule has 0 fully saturated rings. The number of hydrogen-bond acceptors (Lipinski definition) is 3. The predicted octanol–water partition coefficient (Wildman–Crippen LogP) is 2.26. The molecule has 0 bridgehead atoms. The molecule has 1 aromatic heterocycles. The number of halogens is 3. The summed E-state index contributed by atoms with van der Waals surface area (Å²) >= 11 is 0. The van der Waals surface area contributed by atoms with Gasteiger partial charge >= 0.3 is 5.97 Å². The number of carbonyl (C=O) groups excluding carboxylic acids is 1. The van der Waals surface area contributed by atoms with Crippen LogP contribution in [0.15, 0.2) is 12.1 Å². The van der Waals surface area contributed by atoms with Crippen LogP contribution in [0.1, 0.15) is 24.6 Å². The molecule has 1 aromatic rings. The fourth-order valence-corrected chi connectivity index (χ4v) is 1.15. The molecule has 16 heavy (non-hydrogen) atoms. The van der Waals surface area contributed by atoms with E-state index in [0.29, 0.717) is 6.07 Å². The van der Waals surface area contributed by atoms with Crippen molar-refractivity contribution in [3.05, 3.63) is 29.3 Å². The molecule has 0 atom stereocenters. The van der Waals surface area contributed by atoms with Gasteiger partial charge in [-0.1, -0.05) is 0 Å². The number of pyridine rings is 1. The van der Waals surface area contributed by atoms with Crippen molar-refractivity contribution in [1.82, 2.24) is 4.98 Å². The van der Waals surface area contributed by atoms with Gasteiger partial charge < -0.3 is 4.74 Å². The van der Waals surface area contributed by atoms with Crippen molar-refractivity contribution >= 4 is 5.97 Å². The van der Waals surface area contributed by atoms with E-state index >= 15 is 0 Å². The third kappa shape index (κ3) is 3.52. The highest BCUT2D eigenvalue weighted by molar-refractivity contribution is 5.71. The molecule has 0 unspecified atom stereocenters. The predicted molar refractivity (Wildman–Crippen MR) is 49.5 cm³/mol. The summed E-state index contributed by atoms with van der Waals surface area (Å²) in [5, 5.41) is 0. The Kier molecular flexibility index (Phi) is 4.28. The number of hydrogen-bond donors (Lipinski definition) is 0. The second-order valence-electron chi connectivity index (χ2n) is 3.00. The molecule has 1 rings (SSSR count). The molecule has 0 radical (unpaired) electrons. The van der Waals surface area contributed by atoms with E-state index in [4.69, 9.17) is 0 Å². The SMILES string of the molecule is CCOC(=O)Cc1cc(C(F)F)cc(F)n1. The molecule has 3 nitrogen and oxygen atoms in total. The van der Waals surface area contributed by atoms with Gasteiger partial charge in [-0.15, -0.1) is 0 Å². The number of alkyl halides is 2. The number of esters is 1. The van der Waals surface area contributed by atoms with Crippen LogP contribution in [0.3, 0.4) is 0 Å². The van der Waals surface area contributed by atoms with Crippen LogP contribution in [0.2, 0.25) is 0 Å². The van der Waals surface area contributed by atoms with Crippen LogP contribution >= 0.6 is 0 Å². The van der Waals surface area contributed by atoms with E-state index in [-0.39, 0.29) is 18.7 Å². The summed E-state index contributed by atoms with van der Waals surface area (Å²) in [5.74, 6) is -1.65. The monoisotopic (exact) mass is 233 g/mol. The molecule has 0 amide bonds. The maximum Gasteiger partial charge on any atom is 0.311 e. The fraction of sp³-hybridized carbons (Fsp3) is 0.400. The maximum atomic E-state index is 12.8. The first-order valence-corrected chi connectivity index (χ1v) is 4.63. The van der Waals surface area contributed by atoms with Gasteiger partial charge in [-0.3, -0.25) is 4.79 Å². The lowest BCUT2D eigenvalue weighted by molar-refractivity contribution is -0.142. The van der Waals surface area contributed by atoms with Gasteiger partial charge in [-0.05, 0) is 13.0 Å². The van der Waals surface area contributed by atoms with E-state index in [1.54, 1.807) is 6.92 Å². The van der Waals surface area contributed by atoms with Crippen molar-refractivity contribution in [3.8, 4) is 0 Å². The van der Waals surface area contributed by atoms with E-state index in [9.17, 15) is 18.0 Å². The highest BCUT2D eigenvalue weighted by Gasteiger charge is 2.13. The Morgan fingerprint density at radius 2 is 2.19 bits per heavy atom. The fourth-order valence-electron chi connectivity index (χ4n) is 1.15. The van der Waals surface area contributed by atoms with Crippen molar-refractivity contribution in [1.29, 1.82) is 0 Å². The average molecular weight is 233 g/mol. The Bertz CT molecular complexity index is 382. The lowest BCUT2D eigenvalue weighted by Crippen LogP contribution is -2.09. The molecule has 0 spiro atoms. The summed E-state index contributed by atoms with van der Waals surface area (Å²) in [4.78, 5) is 14.4. The molecule has 0 aliphatic rings. The minimum Gasteiger partial charge on any atom is -0.466 e. The molecule has 0 aromatic carbocycles. The van der Waals surface area contributed by atoms with Gasteiger partial charge in [0, 0.05) is 11.6 Å². The van der Waals surface area contributed by atoms with Crippen LogP contribution in [0.25, 0.3) is 0 Å². The molecule has 0 saturated carbocycles. The summed E-state index contributed by atoms with van der Waals surface area (Å²) in [6, 6.07) is 1.63. The average Bonchev–Trinajstić information content (AvgIpc) is 2.16. The molecular formula is C10H10F3NO2. The third-order valence-electron chi connectivity index (χ3n) is 1.75. The Labute approximate surface area is 90.2 Å². The zero-order valence-electron chi connectivity index (χ0n) is 8.54. The van der Waals surface area contributed by atoms with Crippen LogP contribution in [0.4, 0.5) is 13.2 Å². The third-order valence-corrected chi connectivity index (χ3v) is 1.75. The van der Waals surface area contributed by atoms with Gasteiger partial charge in [-0.25, -0.2) is 13.8 Å². The number of ether oxygens (including phenoxy) is 1. The molecule has 6 heteroatoms. The van der Waals surface area contributed by atoms with Crippen LogP contribution in [-0.4, -0.2) is 17.6 Å². The quantitative estimate of drug-likeness (QED) is 0.591. The van der Waals surface area contributed by atoms with Gasteiger partial charge in [0.25, 0.3) is 6.43 Å². The summed E-state index contributed by atoms with van der Waals surface area (Å²) in [5.41, 5.74) is -0.555. The van der Waals surface area contributed by atoms with E-state index in [0.717, 1.165) is 6.07 Å². The number of nitrogens with zero attached hydrogens (tertiary/aromatic N) is 1. The number of aromatic nitrogens is 1. The molecule has 0 N–H and O–H groups in total. The smallest absolute Gasteiger partial charge is 0.311 e. The summed E-state index contributed by atoms with van der Waals surface area (Å²) in [6.45, 7) is 1.79. The van der Waals surface area contributed by atoms with E-state index in [2.05, 4.69) is 9.72 Å². The first-order valence-electron chi connectivity index (χ1n) is 4.63. The summed E-state index contributed by atoms with van der Waals surface area (Å²) in [7, 11) is 0. The summed E-state index contributed by atoms with van der Waals surface area (Å²) < 4.78 is 42.0. The number of rotatable bonds is 4. The van der Waals surface area contributed by atoms with Crippen molar-refractivity contribution in [2.75, 3.05) is 6.61 Å². The van der Waals surface area contributed by atoms with E-state index < -0.39 is 23.9 Å². The largest absolute Gasteiger partial charge is 0.466 e. The standard InChI is InChI=1S/C10H10F3NO2/c1-2-16-9(15)5-7-3-6(10(12)13)4-8(11)14-7/h3-4,10H,2,5H2,1H3. The second kappa shape index (κ2) is 5.48. The van der Waals surface area contributed by atoms with Crippen LogP contribution in [0, 0.1) is 5.95 Å². The minimum absolute atomic E-state index is 0.0613.